The standard InChI is InChI=1S/C26H29F2N5O5Si/c1-29-21-8-7-17(25(24(21)33(35)36)38-22-9-6-16(27)12-20(22)28)18-13-31(2)26(34)23-19(18)14-32(30-23)15-37-10-11-39(3,4)5/h6-9,12-14,29H,10-11,15H2,1-5H3. The molecule has 13 heteroatoms. The Hall–Kier alpha value is -4.10. The quantitative estimate of drug-likeness (QED) is 0.115. The lowest BCUT2D eigenvalue weighted by Gasteiger charge is -2.15. The average molecular weight is 558 g/mol. The zero-order chi connectivity index (χ0) is 28.5. The Kier molecular flexibility index (Phi) is 7.83. The number of rotatable bonds is 10. The summed E-state index contributed by atoms with van der Waals surface area (Å²) >= 11 is 0. The third-order valence-corrected chi connectivity index (χ3v) is 7.80. The molecule has 4 aromatic rings. The Morgan fingerprint density at radius 2 is 1.87 bits per heavy atom. The summed E-state index contributed by atoms with van der Waals surface area (Å²) in [4.78, 5) is 24.4. The van der Waals surface area contributed by atoms with Crippen LogP contribution in [-0.4, -0.2) is 41.0 Å². The second-order valence-electron chi connectivity index (χ2n) is 10.3. The van der Waals surface area contributed by atoms with Gasteiger partial charge >= 0.3 is 5.69 Å². The number of aromatic nitrogens is 3. The number of nitro benzene ring substituents is 1. The third kappa shape index (κ3) is 5.99. The summed E-state index contributed by atoms with van der Waals surface area (Å²) in [6.45, 7) is 7.39. The third-order valence-electron chi connectivity index (χ3n) is 6.10. The van der Waals surface area contributed by atoms with Crippen LogP contribution in [0.5, 0.6) is 11.5 Å². The van der Waals surface area contributed by atoms with Gasteiger partial charge in [0.1, 0.15) is 18.2 Å². The van der Waals surface area contributed by atoms with Gasteiger partial charge in [0.05, 0.1) is 4.92 Å². The molecule has 0 saturated carbocycles. The molecule has 0 radical (unpaired) electrons. The van der Waals surface area contributed by atoms with Crippen molar-refractivity contribution in [1.29, 1.82) is 0 Å². The minimum atomic E-state index is -1.29. The van der Waals surface area contributed by atoms with E-state index in [1.807, 2.05) is 0 Å². The van der Waals surface area contributed by atoms with Gasteiger partial charge in [-0.15, -0.1) is 0 Å². The van der Waals surface area contributed by atoms with E-state index in [4.69, 9.17) is 9.47 Å². The molecule has 1 N–H and O–H groups in total. The molecular weight excluding hydrogens is 528 g/mol. The van der Waals surface area contributed by atoms with E-state index in [1.54, 1.807) is 12.3 Å². The highest BCUT2D eigenvalue weighted by Crippen LogP contribution is 2.46. The van der Waals surface area contributed by atoms with E-state index in [0.29, 0.717) is 23.6 Å². The van der Waals surface area contributed by atoms with E-state index in [2.05, 4.69) is 30.1 Å². The van der Waals surface area contributed by atoms with Crippen LogP contribution < -0.4 is 15.6 Å². The molecule has 0 atom stereocenters. The number of nitro groups is 1. The van der Waals surface area contributed by atoms with Gasteiger partial charge in [-0.3, -0.25) is 14.9 Å². The first-order chi connectivity index (χ1) is 18.4. The molecule has 206 valence electrons. The van der Waals surface area contributed by atoms with Gasteiger partial charge in [0, 0.05) is 63.7 Å². The summed E-state index contributed by atoms with van der Waals surface area (Å²) in [5.74, 6) is -2.53. The van der Waals surface area contributed by atoms with Gasteiger partial charge < -0.3 is 19.4 Å². The fraction of sp³-hybridized carbons (Fsp3) is 0.308. The molecule has 0 saturated heterocycles. The number of hydrogen-bond acceptors (Lipinski definition) is 7. The highest BCUT2D eigenvalue weighted by Gasteiger charge is 2.28. The maximum Gasteiger partial charge on any atom is 0.335 e. The molecule has 0 spiro atoms. The second kappa shape index (κ2) is 10.9. The number of halogens is 2. The summed E-state index contributed by atoms with van der Waals surface area (Å²) in [6, 6.07) is 6.68. The maximum absolute atomic E-state index is 14.6. The first-order valence-electron chi connectivity index (χ1n) is 12.2. The zero-order valence-corrected chi connectivity index (χ0v) is 23.2. The van der Waals surface area contributed by atoms with E-state index in [0.717, 1.165) is 18.2 Å². The van der Waals surface area contributed by atoms with Crippen molar-refractivity contribution in [1.82, 2.24) is 14.3 Å². The predicted molar refractivity (Wildman–Crippen MR) is 147 cm³/mol. The molecule has 2 aromatic heterocycles. The van der Waals surface area contributed by atoms with Gasteiger partial charge in [0.25, 0.3) is 5.56 Å². The molecule has 0 aliphatic heterocycles. The maximum atomic E-state index is 14.6. The predicted octanol–water partition coefficient (Wildman–Crippen LogP) is 5.73. The highest BCUT2D eigenvalue weighted by molar-refractivity contribution is 6.76. The fourth-order valence-corrected chi connectivity index (χ4v) is 4.78. The normalized spacial score (nSPS) is 11.7. The smallest absolute Gasteiger partial charge is 0.335 e. The van der Waals surface area contributed by atoms with E-state index >= 15 is 0 Å². The van der Waals surface area contributed by atoms with Gasteiger partial charge in [-0.1, -0.05) is 19.6 Å². The van der Waals surface area contributed by atoms with Crippen molar-refractivity contribution in [3.05, 3.63) is 74.8 Å². The summed E-state index contributed by atoms with van der Waals surface area (Å²) in [6.07, 6.45) is 3.13. The number of benzene rings is 2. The molecule has 2 aromatic carbocycles. The topological polar surface area (TPSA) is 113 Å². The SMILES string of the molecule is CNc1ccc(-c2cn(C)c(=O)c3nn(COCC[Si](C)(C)C)cc23)c(Oc2ccc(F)cc2F)c1[N+](=O)[O-]. The first kappa shape index (κ1) is 27.9. The number of ether oxygens (including phenoxy) is 2. The lowest BCUT2D eigenvalue weighted by molar-refractivity contribution is -0.384. The molecule has 0 unspecified atom stereocenters. The van der Waals surface area contributed by atoms with Crippen LogP contribution in [0, 0.1) is 21.7 Å². The molecular formula is C26H29F2N5O5Si. The van der Waals surface area contributed by atoms with Crippen LogP contribution in [0.1, 0.15) is 0 Å². The van der Waals surface area contributed by atoms with E-state index < -0.39 is 36.1 Å². The van der Waals surface area contributed by atoms with Crippen molar-refractivity contribution in [2.24, 2.45) is 7.05 Å². The van der Waals surface area contributed by atoms with Crippen molar-refractivity contribution in [3.63, 3.8) is 0 Å². The summed E-state index contributed by atoms with van der Waals surface area (Å²) in [7, 11) is 1.74. The average Bonchev–Trinajstić information content (AvgIpc) is 3.29. The summed E-state index contributed by atoms with van der Waals surface area (Å²) in [5, 5.41) is 19.7. The van der Waals surface area contributed by atoms with Crippen molar-refractivity contribution < 1.29 is 23.2 Å². The second-order valence-corrected chi connectivity index (χ2v) is 15.9. The van der Waals surface area contributed by atoms with E-state index in [1.165, 1.54) is 35.6 Å². The van der Waals surface area contributed by atoms with Crippen molar-refractivity contribution in [3.8, 4) is 22.6 Å². The Morgan fingerprint density at radius 3 is 2.51 bits per heavy atom. The van der Waals surface area contributed by atoms with Gasteiger partial charge in [-0.2, -0.15) is 5.10 Å². The van der Waals surface area contributed by atoms with Gasteiger partial charge in [0.2, 0.25) is 5.75 Å². The van der Waals surface area contributed by atoms with E-state index in [9.17, 15) is 23.7 Å². The lowest BCUT2D eigenvalue weighted by Crippen LogP contribution is -2.22. The fourth-order valence-electron chi connectivity index (χ4n) is 4.02. The monoisotopic (exact) mass is 557 g/mol. The molecule has 0 bridgehead atoms. The van der Waals surface area contributed by atoms with Crippen LogP contribution in [0.3, 0.4) is 0 Å². The highest BCUT2D eigenvalue weighted by atomic mass is 28.3. The number of aryl methyl sites for hydroxylation is 1. The molecule has 39 heavy (non-hydrogen) atoms. The largest absolute Gasteiger partial charge is 0.446 e. The van der Waals surface area contributed by atoms with Crippen LogP contribution in [0.2, 0.25) is 25.7 Å². The van der Waals surface area contributed by atoms with Gasteiger partial charge in [0.15, 0.2) is 17.1 Å². The number of pyridine rings is 1. The number of nitrogens with one attached hydrogen (secondary N) is 1. The number of fused-ring (bicyclic) bond motifs is 1. The molecule has 10 nitrogen and oxygen atoms in total. The van der Waals surface area contributed by atoms with E-state index in [-0.39, 0.29) is 34.8 Å². The number of nitrogens with zero attached hydrogens (tertiary/aromatic N) is 4. The molecule has 0 aliphatic rings. The molecule has 0 fully saturated rings. The minimum Gasteiger partial charge on any atom is -0.446 e. The summed E-state index contributed by atoms with van der Waals surface area (Å²) < 4.78 is 42.4. The zero-order valence-electron chi connectivity index (χ0n) is 22.2. The van der Waals surface area contributed by atoms with Crippen LogP contribution >= 0.6 is 0 Å². The Bertz CT molecular complexity index is 1610. The molecule has 2 heterocycles. The van der Waals surface area contributed by atoms with Crippen LogP contribution in [-0.2, 0) is 18.5 Å². The molecule has 0 amide bonds. The Morgan fingerprint density at radius 1 is 1.13 bits per heavy atom. The lowest BCUT2D eigenvalue weighted by atomic mass is 10.0. The van der Waals surface area contributed by atoms with Crippen LogP contribution in [0.25, 0.3) is 22.0 Å². The van der Waals surface area contributed by atoms with Gasteiger partial charge in [-0.25, -0.2) is 13.5 Å². The van der Waals surface area contributed by atoms with Gasteiger partial charge in [-0.05, 0) is 30.3 Å². The Labute approximate surface area is 223 Å². The molecule has 0 aliphatic carbocycles. The molecule has 4 rings (SSSR count). The van der Waals surface area contributed by atoms with Crippen molar-refractivity contribution >= 4 is 30.4 Å². The summed E-state index contributed by atoms with van der Waals surface area (Å²) in [5.41, 5.74) is 0.0237. The van der Waals surface area contributed by atoms with Crippen LogP contribution in [0.4, 0.5) is 20.2 Å². The number of hydrogen-bond donors (Lipinski definition) is 1. The Balaban J connectivity index is 1.88. The first-order valence-corrected chi connectivity index (χ1v) is 15.9. The van der Waals surface area contributed by atoms with Crippen LogP contribution in [0.15, 0.2) is 47.5 Å². The minimum absolute atomic E-state index is 0.116. The van der Waals surface area contributed by atoms with Crippen molar-refractivity contribution in [2.45, 2.75) is 32.4 Å². The van der Waals surface area contributed by atoms with Crippen molar-refractivity contribution in [2.75, 3.05) is 19.0 Å². The number of anilines is 1.